The van der Waals surface area contributed by atoms with Crippen LogP contribution in [0.1, 0.15) is 12.5 Å². The number of hydrogen-bond acceptors (Lipinski definition) is 5. The first-order chi connectivity index (χ1) is 10.5. The second-order valence-electron chi connectivity index (χ2n) is 5.00. The molecule has 1 saturated heterocycles. The van der Waals surface area contributed by atoms with Crippen molar-refractivity contribution in [2.75, 3.05) is 0 Å². The Bertz CT molecular complexity index is 733. The summed E-state index contributed by atoms with van der Waals surface area (Å²) in [5, 5.41) is 3.17. The van der Waals surface area contributed by atoms with Crippen LogP contribution >= 0.6 is 0 Å². The van der Waals surface area contributed by atoms with Crippen LogP contribution in [0, 0.1) is 0 Å². The normalized spacial score (nSPS) is 21.3. The predicted molar refractivity (Wildman–Crippen MR) is 75.6 cm³/mol. The molecule has 0 saturated carbocycles. The summed E-state index contributed by atoms with van der Waals surface area (Å²) in [6.45, 7) is 1.21. The zero-order valence-electron chi connectivity index (χ0n) is 11.8. The van der Waals surface area contributed by atoms with Gasteiger partial charge >= 0.3 is 11.9 Å². The molecule has 3 rings (SSSR count). The van der Waals surface area contributed by atoms with E-state index in [-0.39, 0.29) is 6.42 Å². The quantitative estimate of drug-likeness (QED) is 0.640. The zero-order chi connectivity index (χ0) is 15.7. The van der Waals surface area contributed by atoms with Gasteiger partial charge in [-0.15, -0.1) is 0 Å². The number of esters is 2. The van der Waals surface area contributed by atoms with Gasteiger partial charge in [-0.25, -0.2) is 9.59 Å². The van der Waals surface area contributed by atoms with Crippen LogP contribution < -0.4 is 5.32 Å². The van der Waals surface area contributed by atoms with E-state index in [1.165, 1.54) is 6.92 Å². The van der Waals surface area contributed by atoms with E-state index in [1.807, 2.05) is 24.3 Å². The third kappa shape index (κ3) is 2.65. The number of cyclic esters (lactones) is 2. The highest BCUT2D eigenvalue weighted by Crippen LogP contribution is 2.22. The molecule has 2 aromatic rings. The Balaban J connectivity index is 1.74. The topological polar surface area (TPSA) is 97.5 Å². The van der Waals surface area contributed by atoms with Crippen molar-refractivity contribution in [2.24, 2.45) is 0 Å². The molecule has 1 aliphatic rings. The molecule has 7 nitrogen and oxygen atoms in total. The lowest BCUT2D eigenvalue weighted by atomic mass is 10.1. The first-order valence-corrected chi connectivity index (χ1v) is 6.77. The number of hydrogen-bond donors (Lipinski definition) is 2. The first kappa shape index (κ1) is 14.1. The summed E-state index contributed by atoms with van der Waals surface area (Å²) in [4.78, 5) is 37.6. The van der Waals surface area contributed by atoms with Crippen molar-refractivity contribution in [2.45, 2.75) is 25.7 Å². The van der Waals surface area contributed by atoms with Crippen molar-refractivity contribution >= 4 is 28.7 Å². The van der Waals surface area contributed by atoms with Gasteiger partial charge in [0.05, 0.1) is 0 Å². The van der Waals surface area contributed by atoms with E-state index in [9.17, 15) is 14.4 Å². The summed E-state index contributed by atoms with van der Waals surface area (Å²) in [5.74, 6) is -2.12. The van der Waals surface area contributed by atoms with E-state index >= 15 is 0 Å². The number of amides is 1. The van der Waals surface area contributed by atoms with Crippen LogP contribution in [0.25, 0.3) is 10.9 Å². The highest BCUT2D eigenvalue weighted by atomic mass is 16.7. The Hall–Kier alpha value is -2.83. The molecule has 1 aliphatic heterocycles. The number of carbonyl (C=O) groups excluding carboxylic acids is 3. The van der Waals surface area contributed by atoms with Crippen LogP contribution in [0.15, 0.2) is 30.5 Å². The van der Waals surface area contributed by atoms with Crippen molar-refractivity contribution in [1.82, 2.24) is 10.3 Å². The largest absolute Gasteiger partial charge is 0.423 e. The van der Waals surface area contributed by atoms with Crippen LogP contribution in [0.2, 0.25) is 0 Å². The summed E-state index contributed by atoms with van der Waals surface area (Å²) in [7, 11) is 0. The Morgan fingerprint density at radius 1 is 1.23 bits per heavy atom. The van der Waals surface area contributed by atoms with Crippen LogP contribution in [0.3, 0.4) is 0 Å². The SMILES string of the molecule is CC(=O)NC1C(=O)OC(Cc2c[nH]c3ccccc23)OC1=O. The molecule has 1 amide bonds. The summed E-state index contributed by atoms with van der Waals surface area (Å²) >= 11 is 0. The van der Waals surface area contributed by atoms with Gasteiger partial charge in [0.25, 0.3) is 6.29 Å². The molecule has 22 heavy (non-hydrogen) atoms. The van der Waals surface area contributed by atoms with Crippen molar-refractivity contribution in [3.63, 3.8) is 0 Å². The molecule has 1 fully saturated rings. The molecular formula is C15H14N2O5. The molecule has 7 heteroatoms. The average Bonchev–Trinajstić information content (AvgIpc) is 2.86. The van der Waals surface area contributed by atoms with Crippen molar-refractivity contribution in [1.29, 1.82) is 0 Å². The second-order valence-corrected chi connectivity index (χ2v) is 5.00. The van der Waals surface area contributed by atoms with Crippen LogP contribution in [-0.2, 0) is 30.3 Å². The Morgan fingerprint density at radius 3 is 2.59 bits per heavy atom. The van der Waals surface area contributed by atoms with Crippen molar-refractivity contribution < 1.29 is 23.9 Å². The minimum absolute atomic E-state index is 0.244. The molecule has 0 atom stereocenters. The number of H-pyrrole nitrogens is 1. The standard InChI is InChI=1S/C15H14N2O5/c1-8(18)17-13-14(19)21-12(22-15(13)20)6-9-7-16-11-5-3-2-4-10(9)11/h2-5,7,12-13,16H,6H2,1H3,(H,17,18). The molecule has 0 aliphatic carbocycles. The zero-order valence-corrected chi connectivity index (χ0v) is 11.8. The second kappa shape index (κ2) is 5.51. The van der Waals surface area contributed by atoms with E-state index in [0.29, 0.717) is 0 Å². The number of para-hydroxylation sites is 1. The van der Waals surface area contributed by atoms with E-state index in [2.05, 4.69) is 10.3 Å². The van der Waals surface area contributed by atoms with Gasteiger partial charge in [0.15, 0.2) is 0 Å². The van der Waals surface area contributed by atoms with Gasteiger partial charge in [-0.3, -0.25) is 4.79 Å². The fourth-order valence-electron chi connectivity index (χ4n) is 2.40. The summed E-state index contributed by atoms with van der Waals surface area (Å²) < 4.78 is 10.2. The average molecular weight is 302 g/mol. The van der Waals surface area contributed by atoms with Gasteiger partial charge in [-0.1, -0.05) is 18.2 Å². The lowest BCUT2D eigenvalue weighted by Gasteiger charge is -2.27. The third-order valence-electron chi connectivity index (χ3n) is 3.38. The molecule has 0 radical (unpaired) electrons. The number of nitrogens with one attached hydrogen (secondary N) is 2. The Kier molecular flexibility index (Phi) is 3.54. The third-order valence-corrected chi connectivity index (χ3v) is 3.38. The van der Waals surface area contributed by atoms with E-state index in [1.54, 1.807) is 6.20 Å². The van der Waals surface area contributed by atoms with E-state index in [0.717, 1.165) is 16.5 Å². The number of fused-ring (bicyclic) bond motifs is 1. The Labute approximate surface area is 125 Å². The van der Waals surface area contributed by atoms with Gasteiger partial charge in [-0.05, 0) is 11.6 Å². The van der Waals surface area contributed by atoms with Gasteiger partial charge in [0.2, 0.25) is 11.9 Å². The van der Waals surface area contributed by atoms with Gasteiger partial charge in [0, 0.05) is 30.4 Å². The summed E-state index contributed by atoms with van der Waals surface area (Å²) in [5.41, 5.74) is 1.82. The molecule has 2 N–H and O–H groups in total. The van der Waals surface area contributed by atoms with Gasteiger partial charge in [-0.2, -0.15) is 0 Å². The van der Waals surface area contributed by atoms with E-state index < -0.39 is 30.2 Å². The number of aromatic nitrogens is 1. The summed E-state index contributed by atoms with van der Waals surface area (Å²) in [6, 6.07) is 6.25. The molecule has 0 unspecified atom stereocenters. The maximum absolute atomic E-state index is 11.8. The lowest BCUT2D eigenvalue weighted by molar-refractivity contribution is -0.207. The number of carbonyl (C=O) groups is 3. The molecule has 114 valence electrons. The van der Waals surface area contributed by atoms with Crippen LogP contribution in [-0.4, -0.2) is 35.2 Å². The van der Waals surface area contributed by atoms with Gasteiger partial charge in [0.1, 0.15) is 0 Å². The van der Waals surface area contributed by atoms with Crippen LogP contribution in [0.5, 0.6) is 0 Å². The molecule has 0 bridgehead atoms. The van der Waals surface area contributed by atoms with Crippen molar-refractivity contribution in [3.05, 3.63) is 36.0 Å². The molecule has 0 spiro atoms. The molecule has 1 aromatic carbocycles. The number of aromatic amines is 1. The highest BCUT2D eigenvalue weighted by Gasteiger charge is 2.39. The Morgan fingerprint density at radius 2 is 1.91 bits per heavy atom. The smallest absolute Gasteiger partial charge is 0.343 e. The fourth-order valence-corrected chi connectivity index (χ4v) is 2.40. The van der Waals surface area contributed by atoms with Crippen LogP contribution in [0.4, 0.5) is 0 Å². The van der Waals surface area contributed by atoms with Gasteiger partial charge < -0.3 is 19.8 Å². The maximum atomic E-state index is 11.8. The molecule has 2 heterocycles. The van der Waals surface area contributed by atoms with Crippen molar-refractivity contribution in [3.8, 4) is 0 Å². The predicted octanol–water partition coefficient (Wildman–Crippen LogP) is 0.641. The summed E-state index contributed by atoms with van der Waals surface area (Å²) in [6.07, 6.45) is 1.03. The lowest BCUT2D eigenvalue weighted by Crippen LogP contribution is -2.53. The minimum Gasteiger partial charge on any atom is -0.423 e. The monoisotopic (exact) mass is 302 g/mol. The minimum atomic E-state index is -1.39. The van der Waals surface area contributed by atoms with E-state index in [4.69, 9.17) is 9.47 Å². The number of benzene rings is 1. The number of rotatable bonds is 3. The fraction of sp³-hybridized carbons (Fsp3) is 0.267. The first-order valence-electron chi connectivity index (χ1n) is 6.77. The number of ether oxygens (including phenoxy) is 2. The molecule has 1 aromatic heterocycles. The molecular weight excluding hydrogens is 288 g/mol. The highest BCUT2D eigenvalue weighted by molar-refractivity contribution is 6.03. The maximum Gasteiger partial charge on any atom is 0.343 e.